The van der Waals surface area contributed by atoms with Gasteiger partial charge in [0.2, 0.25) is 11.8 Å². The molecule has 0 aromatic heterocycles. The average molecular weight is 310 g/mol. The Balaban J connectivity index is 2.58. The number of carbonyl (C=O) groups is 3. The lowest BCUT2D eigenvalue weighted by Crippen LogP contribution is -2.46. The van der Waals surface area contributed by atoms with Gasteiger partial charge in [0.1, 0.15) is 11.9 Å². The minimum Gasteiger partial charge on any atom is -0.466 e. The zero-order valence-electron chi connectivity index (χ0n) is 12.3. The van der Waals surface area contributed by atoms with Crippen LogP contribution in [0.15, 0.2) is 24.3 Å². The van der Waals surface area contributed by atoms with Gasteiger partial charge in [-0.05, 0) is 18.6 Å². The van der Waals surface area contributed by atoms with Gasteiger partial charge in [-0.3, -0.25) is 14.4 Å². The van der Waals surface area contributed by atoms with Crippen molar-refractivity contribution in [3.63, 3.8) is 0 Å². The van der Waals surface area contributed by atoms with Gasteiger partial charge in [-0.15, -0.1) is 0 Å². The summed E-state index contributed by atoms with van der Waals surface area (Å²) >= 11 is 0. The van der Waals surface area contributed by atoms with Crippen molar-refractivity contribution in [2.24, 2.45) is 5.73 Å². The normalized spacial score (nSPS) is 11.5. The van der Waals surface area contributed by atoms with Crippen LogP contribution in [0.3, 0.4) is 0 Å². The summed E-state index contributed by atoms with van der Waals surface area (Å²) in [6, 6.07) is 4.88. The fraction of sp³-hybridized carbons (Fsp3) is 0.400. The monoisotopic (exact) mass is 310 g/mol. The van der Waals surface area contributed by atoms with Crippen LogP contribution in [0, 0.1) is 5.82 Å². The van der Waals surface area contributed by atoms with Crippen LogP contribution in [-0.4, -0.2) is 30.4 Å². The number of ether oxygens (including phenoxy) is 1. The van der Waals surface area contributed by atoms with Gasteiger partial charge in [-0.1, -0.05) is 18.2 Å². The van der Waals surface area contributed by atoms with Crippen molar-refractivity contribution in [2.45, 2.75) is 32.2 Å². The lowest BCUT2D eigenvalue weighted by Gasteiger charge is -2.16. The van der Waals surface area contributed by atoms with E-state index in [0.717, 1.165) is 0 Å². The number of rotatable bonds is 8. The lowest BCUT2D eigenvalue weighted by molar-refractivity contribution is -0.144. The smallest absolute Gasteiger partial charge is 0.306 e. The van der Waals surface area contributed by atoms with E-state index in [0.29, 0.717) is 0 Å². The summed E-state index contributed by atoms with van der Waals surface area (Å²) in [5, 5.41) is 2.40. The summed E-state index contributed by atoms with van der Waals surface area (Å²) in [4.78, 5) is 34.3. The molecule has 2 amide bonds. The zero-order chi connectivity index (χ0) is 16.5. The number of amides is 2. The fourth-order valence-corrected chi connectivity index (χ4v) is 1.82. The van der Waals surface area contributed by atoms with Crippen LogP contribution in [0.25, 0.3) is 0 Å². The molecule has 0 spiro atoms. The molecular weight excluding hydrogens is 291 g/mol. The first kappa shape index (κ1) is 17.6. The molecule has 0 radical (unpaired) electrons. The molecule has 1 aromatic carbocycles. The van der Waals surface area contributed by atoms with E-state index < -0.39 is 29.6 Å². The summed E-state index contributed by atoms with van der Waals surface area (Å²) in [6.45, 7) is 1.90. The highest BCUT2D eigenvalue weighted by Gasteiger charge is 2.20. The van der Waals surface area contributed by atoms with Gasteiger partial charge in [0.15, 0.2) is 0 Å². The maximum atomic E-state index is 13.6. The van der Waals surface area contributed by atoms with Crippen LogP contribution < -0.4 is 11.1 Å². The van der Waals surface area contributed by atoms with Gasteiger partial charge in [0, 0.05) is 12.8 Å². The van der Waals surface area contributed by atoms with Crippen LogP contribution >= 0.6 is 0 Å². The molecule has 0 saturated carbocycles. The van der Waals surface area contributed by atoms with E-state index in [1.807, 2.05) is 0 Å². The molecule has 120 valence electrons. The van der Waals surface area contributed by atoms with Crippen molar-refractivity contribution >= 4 is 17.8 Å². The highest BCUT2D eigenvalue weighted by molar-refractivity contribution is 5.88. The molecule has 0 unspecified atom stereocenters. The molecule has 0 aliphatic heterocycles. The molecule has 7 heteroatoms. The van der Waals surface area contributed by atoms with E-state index in [1.54, 1.807) is 13.0 Å². The number of carbonyl (C=O) groups excluding carboxylic acids is 3. The molecule has 6 nitrogen and oxygen atoms in total. The zero-order valence-corrected chi connectivity index (χ0v) is 12.3. The summed E-state index contributed by atoms with van der Waals surface area (Å²) in [5.41, 5.74) is 5.49. The van der Waals surface area contributed by atoms with E-state index in [4.69, 9.17) is 10.5 Å². The van der Waals surface area contributed by atoms with Gasteiger partial charge in [0.05, 0.1) is 13.0 Å². The average Bonchev–Trinajstić information content (AvgIpc) is 2.47. The minimum absolute atomic E-state index is 0.0485. The number of benzene rings is 1. The van der Waals surface area contributed by atoms with Crippen LogP contribution in [0.1, 0.15) is 25.3 Å². The van der Waals surface area contributed by atoms with Crippen molar-refractivity contribution in [2.75, 3.05) is 6.61 Å². The third-order valence-corrected chi connectivity index (χ3v) is 2.92. The Labute approximate surface area is 127 Å². The topological polar surface area (TPSA) is 98.5 Å². The fourth-order valence-electron chi connectivity index (χ4n) is 1.82. The Bertz CT molecular complexity index is 548. The van der Waals surface area contributed by atoms with Crippen LogP contribution in [0.5, 0.6) is 0 Å². The molecule has 1 rings (SSSR count). The maximum absolute atomic E-state index is 13.6. The van der Waals surface area contributed by atoms with E-state index in [-0.39, 0.29) is 31.4 Å². The van der Waals surface area contributed by atoms with Gasteiger partial charge >= 0.3 is 5.97 Å². The number of hydrogen-bond acceptors (Lipinski definition) is 4. The summed E-state index contributed by atoms with van der Waals surface area (Å²) < 4.78 is 18.3. The van der Waals surface area contributed by atoms with Crippen LogP contribution in [0.4, 0.5) is 4.39 Å². The predicted octanol–water partition coefficient (Wildman–Crippen LogP) is 0.682. The molecule has 3 N–H and O–H groups in total. The van der Waals surface area contributed by atoms with Gasteiger partial charge < -0.3 is 15.8 Å². The molecule has 0 aliphatic rings. The third-order valence-electron chi connectivity index (χ3n) is 2.92. The third kappa shape index (κ3) is 5.90. The second-order valence-electron chi connectivity index (χ2n) is 4.62. The number of esters is 1. The molecule has 0 saturated heterocycles. The Morgan fingerprint density at radius 1 is 1.27 bits per heavy atom. The number of nitrogens with two attached hydrogens (primary N) is 1. The highest BCUT2D eigenvalue weighted by Crippen LogP contribution is 2.09. The van der Waals surface area contributed by atoms with E-state index in [2.05, 4.69) is 5.32 Å². The Morgan fingerprint density at radius 2 is 1.95 bits per heavy atom. The van der Waals surface area contributed by atoms with Gasteiger partial charge in [-0.25, -0.2) is 4.39 Å². The van der Waals surface area contributed by atoms with E-state index >= 15 is 0 Å². The Kier molecular flexibility index (Phi) is 7.01. The molecule has 0 heterocycles. The minimum atomic E-state index is -1.04. The van der Waals surface area contributed by atoms with Crippen LogP contribution in [-0.2, 0) is 25.5 Å². The van der Waals surface area contributed by atoms with E-state index in [1.165, 1.54) is 18.2 Å². The number of halogens is 1. The number of primary amides is 1. The molecule has 22 heavy (non-hydrogen) atoms. The van der Waals surface area contributed by atoms with Crippen molar-refractivity contribution in [3.05, 3.63) is 35.6 Å². The van der Waals surface area contributed by atoms with Gasteiger partial charge in [0.25, 0.3) is 0 Å². The first-order chi connectivity index (χ1) is 10.4. The number of hydrogen-bond donors (Lipinski definition) is 2. The molecular formula is C15H19FN2O4. The molecule has 1 aromatic rings. The van der Waals surface area contributed by atoms with E-state index in [9.17, 15) is 18.8 Å². The van der Waals surface area contributed by atoms with Crippen molar-refractivity contribution < 1.29 is 23.5 Å². The first-order valence-corrected chi connectivity index (χ1v) is 6.91. The van der Waals surface area contributed by atoms with Crippen molar-refractivity contribution in [1.29, 1.82) is 0 Å². The molecule has 0 fully saturated rings. The second-order valence-corrected chi connectivity index (χ2v) is 4.62. The maximum Gasteiger partial charge on any atom is 0.306 e. The standard InChI is InChI=1S/C15H19FN2O4/c1-2-22-14(20)8-7-13(19)18-12(15(17)21)9-10-5-3-4-6-11(10)16/h3-6,12H,2,7-9H2,1H3,(H2,17,21)(H,18,19)/t12-/m1/s1. The van der Waals surface area contributed by atoms with Crippen molar-refractivity contribution in [3.8, 4) is 0 Å². The Hall–Kier alpha value is -2.44. The first-order valence-electron chi connectivity index (χ1n) is 6.91. The quantitative estimate of drug-likeness (QED) is 0.690. The Morgan fingerprint density at radius 3 is 2.55 bits per heavy atom. The molecule has 0 aliphatic carbocycles. The highest BCUT2D eigenvalue weighted by atomic mass is 19.1. The lowest BCUT2D eigenvalue weighted by atomic mass is 10.0. The SMILES string of the molecule is CCOC(=O)CCC(=O)N[C@H](Cc1ccccc1F)C(N)=O. The largest absolute Gasteiger partial charge is 0.466 e. The predicted molar refractivity (Wildman–Crippen MR) is 77.1 cm³/mol. The van der Waals surface area contributed by atoms with Crippen LogP contribution in [0.2, 0.25) is 0 Å². The number of nitrogens with one attached hydrogen (secondary N) is 1. The summed E-state index contributed by atoms with van der Waals surface area (Å²) in [5.74, 6) is -2.27. The molecule has 0 bridgehead atoms. The summed E-state index contributed by atoms with van der Waals surface area (Å²) in [7, 11) is 0. The molecule has 1 atom stereocenters. The van der Waals surface area contributed by atoms with Crippen molar-refractivity contribution in [1.82, 2.24) is 5.32 Å². The summed E-state index contributed by atoms with van der Waals surface area (Å²) in [6.07, 6.45) is -0.266. The van der Waals surface area contributed by atoms with Gasteiger partial charge in [-0.2, -0.15) is 0 Å². The second kappa shape index (κ2) is 8.76.